The molecule has 1 aliphatic heterocycles. The van der Waals surface area contributed by atoms with Gasteiger partial charge in [-0.2, -0.15) is 0 Å². The van der Waals surface area contributed by atoms with Gasteiger partial charge in [0.05, 0.1) is 36.7 Å². The van der Waals surface area contributed by atoms with Crippen LogP contribution in [0.15, 0.2) is 42.5 Å². The van der Waals surface area contributed by atoms with E-state index in [2.05, 4.69) is 41.1 Å². The molecule has 9 heteroatoms. The summed E-state index contributed by atoms with van der Waals surface area (Å²) in [6.07, 6.45) is 0. The van der Waals surface area contributed by atoms with Crippen molar-refractivity contribution in [2.45, 2.75) is 39.4 Å². The van der Waals surface area contributed by atoms with Crippen molar-refractivity contribution in [2.75, 3.05) is 57.6 Å². The summed E-state index contributed by atoms with van der Waals surface area (Å²) < 4.78 is 15.2. The molecule has 9 nitrogen and oxygen atoms in total. The second-order valence-electron chi connectivity index (χ2n) is 9.13. The zero-order valence-corrected chi connectivity index (χ0v) is 21.7. The number of rotatable bonds is 11. The van der Waals surface area contributed by atoms with Crippen LogP contribution in [0.1, 0.15) is 36.7 Å². The van der Waals surface area contributed by atoms with Gasteiger partial charge in [-0.15, -0.1) is 0 Å². The van der Waals surface area contributed by atoms with Crippen LogP contribution >= 0.6 is 0 Å². The fourth-order valence-corrected chi connectivity index (χ4v) is 4.53. The quantitative estimate of drug-likeness (QED) is 0.274. The molecule has 2 atom stereocenters. The summed E-state index contributed by atoms with van der Waals surface area (Å²) in [5.74, 6) is -0.600. The van der Waals surface area contributed by atoms with E-state index in [1.807, 2.05) is 19.1 Å². The van der Waals surface area contributed by atoms with Gasteiger partial charge in [0.15, 0.2) is 0 Å². The maximum atomic E-state index is 12.1. The largest absolute Gasteiger partial charge is 0.465 e. The highest BCUT2D eigenvalue weighted by Crippen LogP contribution is 2.26. The molecule has 0 saturated carbocycles. The smallest absolute Gasteiger partial charge is 0.338 e. The number of carbonyl (C=O) groups is 2. The highest BCUT2D eigenvalue weighted by atomic mass is 16.6. The predicted molar refractivity (Wildman–Crippen MR) is 140 cm³/mol. The molecule has 1 heterocycles. The summed E-state index contributed by atoms with van der Waals surface area (Å²) in [5.41, 5.74) is 9.87. The molecule has 2 aromatic rings. The van der Waals surface area contributed by atoms with Crippen LogP contribution in [0.25, 0.3) is 0 Å². The molecule has 36 heavy (non-hydrogen) atoms. The Morgan fingerprint density at radius 2 is 1.81 bits per heavy atom. The number of nitrogens with one attached hydrogen (secondary N) is 1. The van der Waals surface area contributed by atoms with Gasteiger partial charge in [0.1, 0.15) is 6.61 Å². The van der Waals surface area contributed by atoms with Gasteiger partial charge in [-0.3, -0.25) is 14.6 Å². The van der Waals surface area contributed by atoms with Gasteiger partial charge in [-0.05, 0) is 56.7 Å². The number of piperazine rings is 1. The van der Waals surface area contributed by atoms with Crippen molar-refractivity contribution >= 4 is 29.0 Å². The number of methoxy groups -OCH3 is 1. The molecule has 1 aliphatic rings. The van der Waals surface area contributed by atoms with Gasteiger partial charge in [-0.25, -0.2) is 4.79 Å². The number of nitrogens with zero attached hydrogens (tertiary/aromatic N) is 2. The van der Waals surface area contributed by atoms with E-state index >= 15 is 0 Å². The minimum atomic E-state index is -0.432. The number of hydrogen-bond donors (Lipinski definition) is 2. The highest BCUT2D eigenvalue weighted by molar-refractivity contribution is 5.92. The van der Waals surface area contributed by atoms with Crippen LogP contribution < -0.4 is 11.1 Å². The second-order valence-corrected chi connectivity index (χ2v) is 9.13. The number of benzene rings is 2. The Balaban J connectivity index is 1.59. The predicted octanol–water partition coefficient (Wildman–Crippen LogP) is 3.27. The molecule has 2 aromatic carbocycles. The van der Waals surface area contributed by atoms with Crippen LogP contribution in [0.4, 0.5) is 17.1 Å². The van der Waals surface area contributed by atoms with E-state index in [-0.39, 0.29) is 24.7 Å². The lowest BCUT2D eigenvalue weighted by Crippen LogP contribution is -2.57. The first-order valence-corrected chi connectivity index (χ1v) is 12.4. The average molecular weight is 499 g/mol. The maximum absolute atomic E-state index is 12.1. The van der Waals surface area contributed by atoms with E-state index in [1.54, 1.807) is 25.3 Å². The Kier molecular flexibility index (Phi) is 10.1. The fraction of sp³-hybridized carbons (Fsp3) is 0.481. The topological polar surface area (TPSA) is 106 Å². The molecule has 0 spiro atoms. The number of ether oxygens (including phenoxy) is 3. The van der Waals surface area contributed by atoms with E-state index in [0.717, 1.165) is 31.0 Å². The van der Waals surface area contributed by atoms with E-state index < -0.39 is 5.97 Å². The normalized spacial score (nSPS) is 18.6. The van der Waals surface area contributed by atoms with Gasteiger partial charge < -0.3 is 25.3 Å². The van der Waals surface area contributed by atoms with Crippen LogP contribution in [-0.2, 0) is 25.5 Å². The highest BCUT2D eigenvalue weighted by Gasteiger charge is 2.31. The van der Waals surface area contributed by atoms with E-state index in [1.165, 1.54) is 5.56 Å². The molecule has 0 aliphatic carbocycles. The van der Waals surface area contributed by atoms with Gasteiger partial charge in [0.2, 0.25) is 0 Å². The van der Waals surface area contributed by atoms with Gasteiger partial charge >= 0.3 is 11.9 Å². The molecule has 0 amide bonds. The summed E-state index contributed by atoms with van der Waals surface area (Å²) in [4.78, 5) is 28.7. The van der Waals surface area contributed by atoms with Crippen molar-refractivity contribution in [3.05, 3.63) is 53.6 Å². The van der Waals surface area contributed by atoms with Crippen molar-refractivity contribution < 1.29 is 23.8 Å². The fourth-order valence-electron chi connectivity index (χ4n) is 4.53. The van der Waals surface area contributed by atoms with Crippen molar-refractivity contribution in [1.82, 2.24) is 9.80 Å². The summed E-state index contributed by atoms with van der Waals surface area (Å²) in [5, 5.41) is 3.35. The molecular weight excluding hydrogens is 460 g/mol. The third-order valence-corrected chi connectivity index (χ3v) is 6.21. The summed E-state index contributed by atoms with van der Waals surface area (Å²) >= 11 is 0. The molecule has 0 radical (unpaired) electrons. The zero-order chi connectivity index (χ0) is 26.1. The Labute approximate surface area is 213 Å². The lowest BCUT2D eigenvalue weighted by Gasteiger charge is -2.44. The van der Waals surface area contributed by atoms with Crippen molar-refractivity contribution in [2.24, 2.45) is 0 Å². The number of nitrogens with two attached hydrogens (primary N) is 1. The standard InChI is InChI=1S/C27H38N4O5/c1-5-35-26(32)18-31-19(2)15-30(16-20(31)3)17-21-7-6-8-23(13-21)29-25-10-9-22(14-24(25)28)27(33)36-12-11-34-4/h6-10,13-14,19-20,29H,5,11-12,15-18,28H2,1-4H3. The first-order chi connectivity index (χ1) is 17.3. The van der Waals surface area contributed by atoms with E-state index in [9.17, 15) is 9.59 Å². The third kappa shape index (κ3) is 7.68. The molecule has 2 unspecified atom stereocenters. The minimum Gasteiger partial charge on any atom is -0.465 e. The van der Waals surface area contributed by atoms with Crippen molar-refractivity contribution in [3.8, 4) is 0 Å². The molecule has 0 aromatic heterocycles. The van der Waals surface area contributed by atoms with Gasteiger partial charge in [-0.1, -0.05) is 12.1 Å². The molecule has 3 N–H and O–H groups in total. The van der Waals surface area contributed by atoms with Crippen LogP contribution in [0, 0.1) is 0 Å². The Hall–Kier alpha value is -3.14. The summed E-state index contributed by atoms with van der Waals surface area (Å²) in [6.45, 7) is 9.96. The molecule has 196 valence electrons. The first-order valence-electron chi connectivity index (χ1n) is 12.4. The molecule has 1 saturated heterocycles. The SMILES string of the molecule is CCOC(=O)CN1C(C)CN(Cc2cccc(Nc3ccc(C(=O)OCCOC)cc3N)c2)CC1C. The number of nitrogen functional groups attached to an aromatic ring is 1. The number of anilines is 3. The van der Waals surface area contributed by atoms with Gasteiger partial charge in [0.25, 0.3) is 0 Å². The molecule has 0 bridgehead atoms. The summed E-state index contributed by atoms with van der Waals surface area (Å²) in [7, 11) is 1.55. The lowest BCUT2D eigenvalue weighted by molar-refractivity contribution is -0.146. The zero-order valence-electron chi connectivity index (χ0n) is 21.7. The Morgan fingerprint density at radius 1 is 1.06 bits per heavy atom. The van der Waals surface area contributed by atoms with E-state index in [0.29, 0.717) is 31.0 Å². The van der Waals surface area contributed by atoms with Gasteiger partial charge in [0, 0.05) is 44.5 Å². The Bertz CT molecular complexity index is 1020. The summed E-state index contributed by atoms with van der Waals surface area (Å²) in [6, 6.07) is 13.8. The maximum Gasteiger partial charge on any atom is 0.338 e. The number of esters is 2. The first kappa shape index (κ1) is 27.4. The van der Waals surface area contributed by atoms with Crippen LogP contribution in [0.2, 0.25) is 0 Å². The minimum absolute atomic E-state index is 0.168. The monoisotopic (exact) mass is 498 g/mol. The average Bonchev–Trinajstić information content (AvgIpc) is 2.83. The number of hydrogen-bond acceptors (Lipinski definition) is 9. The van der Waals surface area contributed by atoms with Crippen LogP contribution in [-0.4, -0.2) is 80.4 Å². The van der Waals surface area contributed by atoms with Crippen LogP contribution in [0.3, 0.4) is 0 Å². The lowest BCUT2D eigenvalue weighted by atomic mass is 10.1. The Morgan fingerprint density at radius 3 is 2.47 bits per heavy atom. The second kappa shape index (κ2) is 13.2. The molecule has 1 fully saturated rings. The molecule has 3 rings (SSSR count). The number of carbonyl (C=O) groups excluding carboxylic acids is 2. The third-order valence-electron chi connectivity index (χ3n) is 6.21. The van der Waals surface area contributed by atoms with Crippen molar-refractivity contribution in [3.63, 3.8) is 0 Å². The van der Waals surface area contributed by atoms with E-state index in [4.69, 9.17) is 19.9 Å². The van der Waals surface area contributed by atoms with Crippen molar-refractivity contribution in [1.29, 1.82) is 0 Å². The molecular formula is C27H38N4O5. The van der Waals surface area contributed by atoms with Crippen LogP contribution in [0.5, 0.6) is 0 Å².